The minimum absolute atomic E-state index is 0. The molecule has 0 aliphatic heterocycles. The SMILES string of the molecule is CC=CC([O-])=CC.[Cl-].[NH4+].[NH4+]. The summed E-state index contributed by atoms with van der Waals surface area (Å²) in [4.78, 5) is 0. The first-order valence-electron chi connectivity index (χ1n) is 2.27. The van der Waals surface area contributed by atoms with Gasteiger partial charge in [-0.05, 0) is 13.8 Å². The second-order valence-electron chi connectivity index (χ2n) is 1.19. The van der Waals surface area contributed by atoms with E-state index in [1.54, 1.807) is 13.0 Å². The van der Waals surface area contributed by atoms with Gasteiger partial charge in [0.25, 0.3) is 0 Å². The van der Waals surface area contributed by atoms with Crippen molar-refractivity contribution in [3.05, 3.63) is 24.0 Å². The monoisotopic (exact) mass is 168 g/mol. The van der Waals surface area contributed by atoms with Crippen molar-refractivity contribution < 1.29 is 17.5 Å². The molecule has 0 aromatic carbocycles. The summed E-state index contributed by atoms with van der Waals surface area (Å²) in [6.45, 7) is 3.55. The molecular weight excluding hydrogens is 152 g/mol. The number of allylic oxidation sites excluding steroid dienone is 3. The van der Waals surface area contributed by atoms with Crippen LogP contribution < -0.4 is 29.8 Å². The van der Waals surface area contributed by atoms with E-state index in [4.69, 9.17) is 0 Å². The summed E-state index contributed by atoms with van der Waals surface area (Å²) < 4.78 is 0. The van der Waals surface area contributed by atoms with Crippen LogP contribution in [0.4, 0.5) is 0 Å². The van der Waals surface area contributed by atoms with Gasteiger partial charge in [0.1, 0.15) is 0 Å². The van der Waals surface area contributed by atoms with E-state index >= 15 is 0 Å². The van der Waals surface area contributed by atoms with Gasteiger partial charge >= 0.3 is 0 Å². The molecule has 0 fully saturated rings. The maximum absolute atomic E-state index is 10.3. The van der Waals surface area contributed by atoms with Gasteiger partial charge in [-0.1, -0.05) is 18.2 Å². The molecule has 4 heteroatoms. The Labute approximate surface area is 68.4 Å². The van der Waals surface area contributed by atoms with Crippen LogP contribution in [0, 0.1) is 0 Å². The molecule has 0 heterocycles. The van der Waals surface area contributed by atoms with Crippen LogP contribution in [0.2, 0.25) is 0 Å². The van der Waals surface area contributed by atoms with Gasteiger partial charge < -0.3 is 29.8 Å². The first kappa shape index (κ1) is 22.7. The van der Waals surface area contributed by atoms with E-state index in [1.807, 2.05) is 6.92 Å². The van der Waals surface area contributed by atoms with Gasteiger partial charge in [-0.3, -0.25) is 0 Å². The average Bonchev–Trinajstić information content (AvgIpc) is 1.68. The Hall–Kier alpha value is -0.510. The summed E-state index contributed by atoms with van der Waals surface area (Å²) in [5.74, 6) is 0.0718. The predicted octanol–water partition coefficient (Wildman–Crippen LogP) is -1.42. The fraction of sp³-hybridized carbons (Fsp3) is 0.333. The largest absolute Gasteiger partial charge is 1.00 e. The van der Waals surface area contributed by atoms with Crippen molar-refractivity contribution in [2.45, 2.75) is 13.8 Å². The first-order chi connectivity index (χ1) is 3.31. The molecule has 0 aliphatic carbocycles. The third-order valence-corrected chi connectivity index (χ3v) is 0.615. The van der Waals surface area contributed by atoms with Crippen molar-refractivity contribution in [3.8, 4) is 0 Å². The van der Waals surface area contributed by atoms with E-state index in [-0.39, 0.29) is 30.5 Å². The van der Waals surface area contributed by atoms with E-state index in [2.05, 4.69) is 0 Å². The van der Waals surface area contributed by atoms with E-state index in [0.29, 0.717) is 0 Å². The van der Waals surface area contributed by atoms with E-state index in [1.165, 1.54) is 12.2 Å². The van der Waals surface area contributed by atoms with E-state index < -0.39 is 0 Å². The quantitative estimate of drug-likeness (QED) is 0.365. The van der Waals surface area contributed by atoms with Crippen LogP contribution in [0.5, 0.6) is 0 Å². The molecule has 0 amide bonds. The fourth-order valence-electron chi connectivity index (χ4n) is 0.260. The van der Waals surface area contributed by atoms with E-state index in [0.717, 1.165) is 0 Å². The van der Waals surface area contributed by atoms with E-state index in [9.17, 15) is 5.11 Å². The van der Waals surface area contributed by atoms with Gasteiger partial charge in [0.05, 0.1) is 0 Å². The molecule has 0 radical (unpaired) electrons. The molecule has 0 rings (SSSR count). The summed E-state index contributed by atoms with van der Waals surface area (Å²) in [5, 5.41) is 10.3. The molecule has 0 unspecified atom stereocenters. The number of hydrogen-bond donors (Lipinski definition) is 2. The van der Waals surface area contributed by atoms with Crippen molar-refractivity contribution in [2.24, 2.45) is 0 Å². The summed E-state index contributed by atoms with van der Waals surface area (Å²) in [7, 11) is 0. The highest BCUT2D eigenvalue weighted by Gasteiger charge is 1.59. The van der Waals surface area contributed by atoms with Crippen molar-refractivity contribution in [3.63, 3.8) is 0 Å². The van der Waals surface area contributed by atoms with Gasteiger partial charge in [-0.25, -0.2) is 0 Å². The Morgan fingerprint density at radius 3 is 1.70 bits per heavy atom. The molecule has 64 valence electrons. The van der Waals surface area contributed by atoms with Crippen molar-refractivity contribution >= 4 is 0 Å². The van der Waals surface area contributed by atoms with Gasteiger partial charge in [0.15, 0.2) is 0 Å². The molecule has 0 saturated carbocycles. The lowest BCUT2D eigenvalue weighted by molar-refractivity contribution is -0.295. The van der Waals surface area contributed by atoms with Crippen molar-refractivity contribution in [1.29, 1.82) is 0 Å². The van der Waals surface area contributed by atoms with Crippen LogP contribution in [0.3, 0.4) is 0 Å². The topological polar surface area (TPSA) is 96.1 Å². The number of rotatable bonds is 1. The van der Waals surface area contributed by atoms with Crippen molar-refractivity contribution in [1.82, 2.24) is 12.3 Å². The summed E-state index contributed by atoms with van der Waals surface area (Å²) >= 11 is 0. The highest BCUT2D eigenvalue weighted by atomic mass is 35.5. The lowest BCUT2D eigenvalue weighted by atomic mass is 10.4. The summed E-state index contributed by atoms with van der Waals surface area (Å²) in [5.41, 5.74) is 0. The lowest BCUT2D eigenvalue weighted by Gasteiger charge is -2.00. The van der Waals surface area contributed by atoms with Crippen LogP contribution >= 0.6 is 0 Å². The molecular formula is C6H17ClN2O. The second-order valence-corrected chi connectivity index (χ2v) is 1.19. The lowest BCUT2D eigenvalue weighted by Crippen LogP contribution is -3.00. The Morgan fingerprint density at radius 1 is 1.20 bits per heavy atom. The molecule has 0 aromatic rings. The Morgan fingerprint density at radius 2 is 1.60 bits per heavy atom. The van der Waals surface area contributed by atoms with Gasteiger partial charge in [0, 0.05) is 0 Å². The first-order valence-corrected chi connectivity index (χ1v) is 2.27. The second kappa shape index (κ2) is 15.8. The Kier molecular flexibility index (Phi) is 35.9. The average molecular weight is 169 g/mol. The summed E-state index contributed by atoms with van der Waals surface area (Å²) in [6.07, 6.45) is 4.78. The smallest absolute Gasteiger partial charge is 0.0467 e. The third kappa shape index (κ3) is 15.6. The molecule has 0 spiro atoms. The molecule has 0 aromatic heterocycles. The Balaban J connectivity index is -0.0000000600. The zero-order valence-electron chi connectivity index (χ0n) is 7.02. The summed E-state index contributed by atoms with van der Waals surface area (Å²) in [6, 6.07) is 0. The molecule has 3 nitrogen and oxygen atoms in total. The normalized spacial score (nSPS) is 9.20. The minimum Gasteiger partial charge on any atom is -1.00 e. The number of quaternary nitrogens is 2. The maximum atomic E-state index is 10.3. The number of halogens is 1. The van der Waals surface area contributed by atoms with Crippen LogP contribution in [0.15, 0.2) is 24.0 Å². The molecule has 8 N–H and O–H groups in total. The molecule has 0 saturated heterocycles. The minimum atomic E-state index is 0. The zero-order valence-corrected chi connectivity index (χ0v) is 7.77. The standard InChI is InChI=1S/C6H10O.ClH.2H3N/c1-3-5-6(7)4-2;;;/h3-5,7H,1-2H3;1H;2*1H3. The highest BCUT2D eigenvalue weighted by Crippen LogP contribution is 1.81. The molecule has 0 aliphatic rings. The predicted molar refractivity (Wildman–Crippen MR) is 40.5 cm³/mol. The van der Waals surface area contributed by atoms with Crippen LogP contribution in [-0.4, -0.2) is 0 Å². The Bertz CT molecular complexity index is 102. The molecule has 10 heavy (non-hydrogen) atoms. The third-order valence-electron chi connectivity index (χ3n) is 0.615. The van der Waals surface area contributed by atoms with Crippen LogP contribution in [0.25, 0.3) is 0 Å². The van der Waals surface area contributed by atoms with Gasteiger partial charge in [-0.15, -0.1) is 5.76 Å². The van der Waals surface area contributed by atoms with Gasteiger partial charge in [0.2, 0.25) is 0 Å². The number of hydrogen-bond acceptors (Lipinski definition) is 1. The van der Waals surface area contributed by atoms with Crippen LogP contribution in [0.1, 0.15) is 13.8 Å². The fourth-order valence-corrected chi connectivity index (χ4v) is 0.260. The van der Waals surface area contributed by atoms with Crippen LogP contribution in [-0.2, 0) is 0 Å². The van der Waals surface area contributed by atoms with Gasteiger partial charge in [-0.2, -0.15) is 0 Å². The van der Waals surface area contributed by atoms with Crippen molar-refractivity contribution in [2.75, 3.05) is 0 Å². The molecule has 0 atom stereocenters. The zero-order chi connectivity index (χ0) is 5.70. The molecule has 0 bridgehead atoms. The maximum Gasteiger partial charge on any atom is -0.0467 e. The highest BCUT2D eigenvalue weighted by molar-refractivity contribution is 5.06.